The number of nitrogens with zero attached hydrogens (tertiary/aromatic N) is 1. The molecule has 4 nitrogen and oxygen atoms in total. The van der Waals surface area contributed by atoms with Crippen molar-refractivity contribution in [1.82, 2.24) is 10.4 Å². The average Bonchev–Trinajstić information content (AvgIpc) is 2.36. The molecule has 11 heavy (non-hydrogen) atoms. The lowest BCUT2D eigenvalue weighted by Crippen LogP contribution is -2.25. The molecule has 0 aromatic rings. The lowest BCUT2D eigenvalue weighted by Gasteiger charge is -2.07. The number of esters is 1. The summed E-state index contributed by atoms with van der Waals surface area (Å²) in [5, 5.41) is 1.90. The maximum Gasteiger partial charge on any atom is 0.311 e. The van der Waals surface area contributed by atoms with Crippen molar-refractivity contribution in [2.75, 3.05) is 26.7 Å². The van der Waals surface area contributed by atoms with Gasteiger partial charge in [-0.15, -0.1) is 0 Å². The molecule has 4 heteroatoms. The van der Waals surface area contributed by atoms with Crippen molar-refractivity contribution in [2.24, 2.45) is 5.92 Å². The summed E-state index contributed by atoms with van der Waals surface area (Å²) in [7, 11) is 1.92. The van der Waals surface area contributed by atoms with Gasteiger partial charge in [-0.25, -0.2) is 5.01 Å². The van der Waals surface area contributed by atoms with E-state index in [0.29, 0.717) is 13.2 Å². The summed E-state index contributed by atoms with van der Waals surface area (Å²) in [6.45, 7) is 3.75. The summed E-state index contributed by atoms with van der Waals surface area (Å²) >= 11 is 0. The van der Waals surface area contributed by atoms with Crippen molar-refractivity contribution in [3.8, 4) is 0 Å². The average molecular weight is 158 g/mol. The minimum absolute atomic E-state index is 0.0138. The van der Waals surface area contributed by atoms with Gasteiger partial charge in [-0.1, -0.05) is 0 Å². The highest BCUT2D eigenvalue weighted by Gasteiger charge is 2.26. The van der Waals surface area contributed by atoms with Gasteiger partial charge < -0.3 is 4.74 Å². The normalized spacial score (nSPS) is 25.5. The van der Waals surface area contributed by atoms with E-state index in [9.17, 15) is 4.79 Å². The number of hydrazine groups is 1. The van der Waals surface area contributed by atoms with E-state index in [1.54, 1.807) is 0 Å². The summed E-state index contributed by atoms with van der Waals surface area (Å²) in [5.74, 6) is -0.0794. The number of hydrogen-bond acceptors (Lipinski definition) is 4. The minimum Gasteiger partial charge on any atom is -0.466 e. The SMILES string of the molecule is CCOC(=O)[C@@H]1CNN(C)C1. The molecule has 64 valence electrons. The number of nitrogens with one attached hydrogen (secondary N) is 1. The van der Waals surface area contributed by atoms with Crippen molar-refractivity contribution in [3.05, 3.63) is 0 Å². The van der Waals surface area contributed by atoms with Crippen LogP contribution in [-0.4, -0.2) is 37.7 Å². The highest BCUT2D eigenvalue weighted by Crippen LogP contribution is 2.05. The molecule has 0 aromatic carbocycles. The first-order chi connectivity index (χ1) is 5.24. The molecule has 0 spiro atoms. The molecule has 0 saturated carbocycles. The number of carbonyl (C=O) groups is 1. The zero-order valence-corrected chi connectivity index (χ0v) is 6.96. The Bertz CT molecular complexity index is 149. The van der Waals surface area contributed by atoms with Gasteiger partial charge >= 0.3 is 5.97 Å². The third-order valence-corrected chi connectivity index (χ3v) is 1.72. The van der Waals surface area contributed by atoms with Crippen molar-refractivity contribution in [3.63, 3.8) is 0 Å². The summed E-state index contributed by atoms with van der Waals surface area (Å²) in [6.07, 6.45) is 0. The van der Waals surface area contributed by atoms with Crippen molar-refractivity contribution >= 4 is 5.97 Å². The van der Waals surface area contributed by atoms with Gasteiger partial charge in [0.2, 0.25) is 0 Å². The molecule has 1 saturated heterocycles. The predicted molar refractivity (Wildman–Crippen MR) is 40.8 cm³/mol. The summed E-state index contributed by atoms with van der Waals surface area (Å²) < 4.78 is 4.87. The molecule has 0 amide bonds. The van der Waals surface area contributed by atoms with E-state index in [-0.39, 0.29) is 11.9 Å². The van der Waals surface area contributed by atoms with E-state index >= 15 is 0 Å². The van der Waals surface area contributed by atoms with Gasteiger partial charge in [0.15, 0.2) is 0 Å². The quantitative estimate of drug-likeness (QED) is 0.556. The lowest BCUT2D eigenvalue weighted by atomic mass is 10.2. The lowest BCUT2D eigenvalue weighted by molar-refractivity contribution is -0.147. The van der Waals surface area contributed by atoms with E-state index < -0.39 is 0 Å². The number of carbonyl (C=O) groups excluding carboxylic acids is 1. The van der Waals surface area contributed by atoms with Crippen LogP contribution in [0.3, 0.4) is 0 Å². The Balaban J connectivity index is 2.31. The van der Waals surface area contributed by atoms with E-state index in [1.807, 2.05) is 19.0 Å². The van der Waals surface area contributed by atoms with Crippen LogP contribution in [0.4, 0.5) is 0 Å². The Morgan fingerprint density at radius 2 is 2.55 bits per heavy atom. The van der Waals surface area contributed by atoms with E-state index in [0.717, 1.165) is 6.54 Å². The number of hydrogen-bond donors (Lipinski definition) is 1. The monoisotopic (exact) mass is 158 g/mol. The largest absolute Gasteiger partial charge is 0.466 e. The van der Waals surface area contributed by atoms with Gasteiger partial charge in [0.1, 0.15) is 0 Å². The second-order valence-corrected chi connectivity index (χ2v) is 2.69. The van der Waals surface area contributed by atoms with Crippen LogP contribution >= 0.6 is 0 Å². The standard InChI is InChI=1S/C7H14N2O2/c1-3-11-7(10)6-4-8-9(2)5-6/h6,8H,3-5H2,1-2H3/t6-/m1/s1. The first-order valence-electron chi connectivity index (χ1n) is 3.85. The molecule has 1 fully saturated rings. The molecule has 0 aromatic heterocycles. The van der Waals surface area contributed by atoms with Crippen LogP contribution in [0.15, 0.2) is 0 Å². The third-order valence-electron chi connectivity index (χ3n) is 1.72. The smallest absolute Gasteiger partial charge is 0.311 e. The van der Waals surface area contributed by atoms with Gasteiger partial charge in [0, 0.05) is 20.1 Å². The van der Waals surface area contributed by atoms with Crippen LogP contribution < -0.4 is 5.43 Å². The van der Waals surface area contributed by atoms with Crippen molar-refractivity contribution in [2.45, 2.75) is 6.92 Å². The summed E-state index contributed by atoms with van der Waals surface area (Å²) in [4.78, 5) is 11.1. The van der Waals surface area contributed by atoms with Gasteiger partial charge in [0.25, 0.3) is 0 Å². The fourth-order valence-corrected chi connectivity index (χ4v) is 1.14. The van der Waals surface area contributed by atoms with Gasteiger partial charge in [-0.2, -0.15) is 0 Å². The highest BCUT2D eigenvalue weighted by molar-refractivity contribution is 5.73. The molecule has 0 radical (unpaired) electrons. The van der Waals surface area contributed by atoms with Crippen LogP contribution in [0.1, 0.15) is 6.92 Å². The molecule has 0 unspecified atom stereocenters. The molecule has 0 bridgehead atoms. The van der Waals surface area contributed by atoms with E-state index in [4.69, 9.17) is 4.74 Å². The number of rotatable bonds is 2. The minimum atomic E-state index is -0.0932. The molecule has 1 N–H and O–H groups in total. The van der Waals surface area contributed by atoms with Gasteiger partial charge in [-0.3, -0.25) is 10.2 Å². The first-order valence-corrected chi connectivity index (χ1v) is 3.85. The Kier molecular flexibility index (Phi) is 2.84. The zero-order chi connectivity index (χ0) is 8.27. The Labute approximate surface area is 66.5 Å². The second kappa shape index (κ2) is 3.69. The Hall–Kier alpha value is -0.610. The zero-order valence-electron chi connectivity index (χ0n) is 6.96. The van der Waals surface area contributed by atoms with Crippen molar-refractivity contribution < 1.29 is 9.53 Å². The fraction of sp³-hybridized carbons (Fsp3) is 0.857. The molecule has 1 aliphatic rings. The summed E-state index contributed by atoms with van der Waals surface area (Å²) in [5.41, 5.74) is 3.04. The van der Waals surface area contributed by atoms with Crippen LogP contribution in [0, 0.1) is 5.92 Å². The number of ether oxygens (including phenoxy) is 1. The topological polar surface area (TPSA) is 41.6 Å². The maximum absolute atomic E-state index is 11.1. The second-order valence-electron chi connectivity index (χ2n) is 2.69. The Morgan fingerprint density at radius 1 is 1.82 bits per heavy atom. The van der Waals surface area contributed by atoms with Gasteiger partial charge in [-0.05, 0) is 6.92 Å². The molecule has 1 aliphatic heterocycles. The molecular formula is C7H14N2O2. The van der Waals surface area contributed by atoms with Crippen LogP contribution in [0.2, 0.25) is 0 Å². The van der Waals surface area contributed by atoms with Crippen LogP contribution in [-0.2, 0) is 9.53 Å². The molecule has 1 rings (SSSR count). The highest BCUT2D eigenvalue weighted by atomic mass is 16.5. The molecule has 1 heterocycles. The third kappa shape index (κ3) is 2.17. The molecule has 1 atom stereocenters. The van der Waals surface area contributed by atoms with E-state index in [2.05, 4.69) is 5.43 Å². The van der Waals surface area contributed by atoms with Gasteiger partial charge in [0.05, 0.1) is 12.5 Å². The molecular weight excluding hydrogens is 144 g/mol. The predicted octanol–water partition coefficient (Wildman–Crippen LogP) is -0.384. The van der Waals surface area contributed by atoms with E-state index in [1.165, 1.54) is 0 Å². The Morgan fingerprint density at radius 3 is 3.00 bits per heavy atom. The molecule has 0 aliphatic carbocycles. The first kappa shape index (κ1) is 8.49. The maximum atomic E-state index is 11.1. The van der Waals surface area contributed by atoms with Crippen molar-refractivity contribution in [1.29, 1.82) is 0 Å². The van der Waals surface area contributed by atoms with Crippen LogP contribution in [0.5, 0.6) is 0 Å². The fourth-order valence-electron chi connectivity index (χ4n) is 1.14. The summed E-state index contributed by atoms with van der Waals surface area (Å²) in [6, 6.07) is 0. The van der Waals surface area contributed by atoms with Crippen LogP contribution in [0.25, 0.3) is 0 Å².